The van der Waals surface area contributed by atoms with Gasteiger partial charge in [-0.2, -0.15) is 0 Å². The van der Waals surface area contributed by atoms with E-state index in [0.717, 1.165) is 12.8 Å². The fourth-order valence-electron chi connectivity index (χ4n) is 3.05. The summed E-state index contributed by atoms with van der Waals surface area (Å²) in [7, 11) is -3.60. The lowest BCUT2D eigenvalue weighted by atomic mass is 9.94. The predicted molar refractivity (Wildman–Crippen MR) is 102 cm³/mol. The fourth-order valence-corrected chi connectivity index (χ4v) is 4.97. The predicted octanol–water partition coefficient (Wildman–Crippen LogP) is 4.37. The third-order valence-electron chi connectivity index (χ3n) is 4.42. The molecule has 1 aromatic heterocycles. The van der Waals surface area contributed by atoms with Crippen molar-refractivity contribution in [1.82, 2.24) is 9.71 Å². The molecule has 8 heteroatoms. The molecule has 1 aliphatic rings. The summed E-state index contributed by atoms with van der Waals surface area (Å²) in [5.74, 6) is 0.535. The summed E-state index contributed by atoms with van der Waals surface area (Å²) in [6.45, 7) is 1.76. The zero-order chi connectivity index (χ0) is 18.7. The monoisotopic (exact) mass is 414 g/mol. The van der Waals surface area contributed by atoms with Crippen molar-refractivity contribution in [2.24, 2.45) is 0 Å². The third-order valence-corrected chi connectivity index (χ3v) is 6.54. The van der Waals surface area contributed by atoms with Crippen molar-refractivity contribution in [3.05, 3.63) is 52.1 Å². The van der Waals surface area contributed by atoms with E-state index in [4.69, 9.17) is 27.9 Å². The summed E-state index contributed by atoms with van der Waals surface area (Å²) >= 11 is 11.8. The summed E-state index contributed by atoms with van der Waals surface area (Å²) in [6.07, 6.45) is 4.49. The standard InChI is InChI=1S/C18H20Cl2N2O3S/c1-12-2-3-13(19)10-17(12)26(23,24)22-15-5-7-16(8-6-15)25-18-9-4-14(20)11-21-18/h2-4,9-11,15-16,22H,5-8H2,1H3. The van der Waals surface area contributed by atoms with Crippen LogP contribution in [-0.4, -0.2) is 25.5 Å². The van der Waals surface area contributed by atoms with E-state index in [-0.39, 0.29) is 17.0 Å². The van der Waals surface area contributed by atoms with Crippen molar-refractivity contribution in [2.75, 3.05) is 0 Å². The Labute approximate surface area is 163 Å². The van der Waals surface area contributed by atoms with E-state index in [1.807, 2.05) is 0 Å². The van der Waals surface area contributed by atoms with Gasteiger partial charge < -0.3 is 4.74 Å². The highest BCUT2D eigenvalue weighted by atomic mass is 35.5. The van der Waals surface area contributed by atoms with Gasteiger partial charge in [0.2, 0.25) is 15.9 Å². The van der Waals surface area contributed by atoms with Gasteiger partial charge in [0.05, 0.1) is 9.92 Å². The maximum Gasteiger partial charge on any atom is 0.241 e. The molecule has 0 bridgehead atoms. The minimum Gasteiger partial charge on any atom is -0.474 e. The molecule has 140 valence electrons. The van der Waals surface area contributed by atoms with E-state index in [1.54, 1.807) is 37.4 Å². The van der Waals surface area contributed by atoms with Crippen molar-refractivity contribution in [3.8, 4) is 5.88 Å². The molecule has 1 fully saturated rings. The molecule has 0 aliphatic heterocycles. The van der Waals surface area contributed by atoms with E-state index in [9.17, 15) is 8.42 Å². The van der Waals surface area contributed by atoms with Crippen LogP contribution < -0.4 is 9.46 Å². The molecule has 0 saturated heterocycles. The van der Waals surface area contributed by atoms with Crippen LogP contribution in [0.4, 0.5) is 0 Å². The largest absolute Gasteiger partial charge is 0.474 e. The Hall–Kier alpha value is -1.34. The normalized spacial score (nSPS) is 20.7. The molecule has 1 N–H and O–H groups in total. The summed E-state index contributed by atoms with van der Waals surface area (Å²) < 4.78 is 33.9. The first-order valence-electron chi connectivity index (χ1n) is 8.40. The number of benzene rings is 1. The van der Waals surface area contributed by atoms with E-state index in [0.29, 0.717) is 34.3 Å². The summed E-state index contributed by atoms with van der Waals surface area (Å²) in [4.78, 5) is 4.36. The van der Waals surface area contributed by atoms with Crippen molar-refractivity contribution >= 4 is 33.2 Å². The number of rotatable bonds is 5. The Morgan fingerprint density at radius 3 is 2.42 bits per heavy atom. The first-order chi connectivity index (χ1) is 12.3. The molecule has 0 spiro atoms. The number of aryl methyl sites for hydroxylation is 1. The van der Waals surface area contributed by atoms with Crippen LogP contribution in [0, 0.1) is 6.92 Å². The van der Waals surface area contributed by atoms with Crippen molar-refractivity contribution < 1.29 is 13.2 Å². The summed E-state index contributed by atoms with van der Waals surface area (Å²) in [5, 5.41) is 0.968. The lowest BCUT2D eigenvalue weighted by molar-refractivity contribution is 0.138. The van der Waals surface area contributed by atoms with Gasteiger partial charge in [-0.25, -0.2) is 18.1 Å². The lowest BCUT2D eigenvalue weighted by Crippen LogP contribution is -2.39. The molecule has 0 amide bonds. The molecule has 3 rings (SSSR count). The number of ether oxygens (including phenoxy) is 1. The Kier molecular flexibility index (Phi) is 6.07. The summed E-state index contributed by atoms with van der Waals surface area (Å²) in [5.41, 5.74) is 0.674. The van der Waals surface area contributed by atoms with Gasteiger partial charge in [0.25, 0.3) is 0 Å². The second kappa shape index (κ2) is 8.13. The van der Waals surface area contributed by atoms with Crippen LogP contribution in [0.3, 0.4) is 0 Å². The highest BCUT2D eigenvalue weighted by Crippen LogP contribution is 2.26. The quantitative estimate of drug-likeness (QED) is 0.788. The van der Waals surface area contributed by atoms with Gasteiger partial charge >= 0.3 is 0 Å². The van der Waals surface area contributed by atoms with Gasteiger partial charge in [-0.1, -0.05) is 29.3 Å². The maximum atomic E-state index is 12.7. The highest BCUT2D eigenvalue weighted by Gasteiger charge is 2.27. The Morgan fingerprint density at radius 2 is 1.77 bits per heavy atom. The van der Waals surface area contributed by atoms with E-state index in [2.05, 4.69) is 9.71 Å². The van der Waals surface area contributed by atoms with Crippen molar-refractivity contribution in [3.63, 3.8) is 0 Å². The Morgan fingerprint density at radius 1 is 1.08 bits per heavy atom. The molecule has 2 aromatic rings. The highest BCUT2D eigenvalue weighted by molar-refractivity contribution is 7.89. The molecular weight excluding hydrogens is 395 g/mol. The van der Waals surface area contributed by atoms with E-state index in [1.165, 1.54) is 6.07 Å². The number of nitrogens with one attached hydrogen (secondary N) is 1. The Bertz CT molecular complexity index is 865. The molecule has 26 heavy (non-hydrogen) atoms. The van der Waals surface area contributed by atoms with Crippen LogP contribution >= 0.6 is 23.2 Å². The van der Waals surface area contributed by atoms with Crippen LogP contribution in [0.1, 0.15) is 31.2 Å². The van der Waals surface area contributed by atoms with E-state index < -0.39 is 10.0 Å². The molecule has 0 unspecified atom stereocenters. The lowest BCUT2D eigenvalue weighted by Gasteiger charge is -2.29. The van der Waals surface area contributed by atoms with Crippen molar-refractivity contribution in [1.29, 1.82) is 0 Å². The van der Waals surface area contributed by atoms with Gasteiger partial charge in [0.1, 0.15) is 6.10 Å². The van der Waals surface area contributed by atoms with Gasteiger partial charge in [0.15, 0.2) is 0 Å². The number of hydrogen-bond acceptors (Lipinski definition) is 4. The molecule has 0 atom stereocenters. The van der Waals surface area contributed by atoms with Crippen molar-refractivity contribution in [2.45, 2.75) is 49.6 Å². The zero-order valence-corrected chi connectivity index (χ0v) is 16.6. The molecular formula is C18H20Cl2N2O3S. The first kappa shape index (κ1) is 19.4. The van der Waals surface area contributed by atoms with Gasteiger partial charge in [-0.15, -0.1) is 0 Å². The number of hydrogen-bond donors (Lipinski definition) is 1. The van der Waals surface area contributed by atoms with Gasteiger partial charge in [-0.05, 0) is 56.4 Å². The molecule has 1 heterocycles. The molecule has 1 saturated carbocycles. The SMILES string of the molecule is Cc1ccc(Cl)cc1S(=O)(=O)NC1CCC(Oc2ccc(Cl)cn2)CC1. The number of pyridine rings is 1. The number of nitrogens with zero attached hydrogens (tertiary/aromatic N) is 1. The molecule has 1 aliphatic carbocycles. The second-order valence-electron chi connectivity index (χ2n) is 6.44. The van der Waals surface area contributed by atoms with Crippen LogP contribution in [0.15, 0.2) is 41.4 Å². The molecule has 0 radical (unpaired) electrons. The second-order valence-corrected chi connectivity index (χ2v) is 8.99. The minimum atomic E-state index is -3.60. The Balaban J connectivity index is 1.58. The zero-order valence-electron chi connectivity index (χ0n) is 14.3. The topological polar surface area (TPSA) is 68.3 Å². The van der Waals surface area contributed by atoms with Gasteiger partial charge in [0, 0.05) is 23.3 Å². The average Bonchev–Trinajstić information content (AvgIpc) is 2.60. The maximum absolute atomic E-state index is 12.7. The van der Waals surface area contributed by atoms with Gasteiger partial charge in [-0.3, -0.25) is 0 Å². The fraction of sp³-hybridized carbons (Fsp3) is 0.389. The average molecular weight is 415 g/mol. The number of aromatic nitrogens is 1. The molecule has 1 aromatic carbocycles. The number of halogens is 2. The third kappa shape index (κ3) is 4.88. The van der Waals surface area contributed by atoms with E-state index >= 15 is 0 Å². The minimum absolute atomic E-state index is 0.0253. The first-order valence-corrected chi connectivity index (χ1v) is 10.6. The molecule has 5 nitrogen and oxygen atoms in total. The van der Waals surface area contributed by atoms with Crippen LogP contribution in [0.2, 0.25) is 10.0 Å². The number of sulfonamides is 1. The van der Waals surface area contributed by atoms with Crippen LogP contribution in [0.25, 0.3) is 0 Å². The summed E-state index contributed by atoms with van der Waals surface area (Å²) in [6, 6.07) is 8.23. The van der Waals surface area contributed by atoms with Crippen LogP contribution in [0.5, 0.6) is 5.88 Å². The smallest absolute Gasteiger partial charge is 0.241 e. The van der Waals surface area contributed by atoms with Crippen LogP contribution in [-0.2, 0) is 10.0 Å².